The van der Waals surface area contributed by atoms with E-state index in [4.69, 9.17) is 22.8 Å². The van der Waals surface area contributed by atoms with Gasteiger partial charge in [-0.05, 0) is 65.2 Å². The third-order valence-electron chi connectivity index (χ3n) is 5.39. The summed E-state index contributed by atoms with van der Waals surface area (Å²) in [5.74, 6) is 4.01. The smallest absolute Gasteiger partial charge is 0.178 e. The molecule has 1 saturated carbocycles. The molecular formula is C23H24ClN5O. The Kier molecular flexibility index (Phi) is 6.50. The predicted molar refractivity (Wildman–Crippen MR) is 118 cm³/mol. The maximum atomic E-state index is 6.06. The number of benzene rings is 2. The molecule has 1 fully saturated rings. The van der Waals surface area contributed by atoms with E-state index >= 15 is 0 Å². The topological polar surface area (TPSA) is 64.9 Å². The fourth-order valence-electron chi connectivity index (χ4n) is 3.87. The van der Waals surface area contributed by atoms with Gasteiger partial charge in [0.1, 0.15) is 18.4 Å². The average Bonchev–Trinajstić information content (AvgIpc) is 3.28. The molecule has 0 aliphatic heterocycles. The second-order valence-corrected chi connectivity index (χ2v) is 7.86. The molecular weight excluding hydrogens is 398 g/mol. The van der Waals surface area contributed by atoms with Crippen LogP contribution in [0.25, 0.3) is 0 Å². The first-order valence-electron chi connectivity index (χ1n) is 10.2. The average molecular weight is 422 g/mol. The lowest BCUT2D eigenvalue weighted by Gasteiger charge is -2.26. The fourth-order valence-corrected chi connectivity index (χ4v) is 3.99. The molecule has 3 aromatic rings. The quantitative estimate of drug-likeness (QED) is 0.541. The van der Waals surface area contributed by atoms with Gasteiger partial charge in [-0.25, -0.2) is 4.68 Å². The van der Waals surface area contributed by atoms with Crippen molar-refractivity contribution in [1.29, 1.82) is 0 Å². The first-order valence-corrected chi connectivity index (χ1v) is 10.6. The lowest BCUT2D eigenvalue weighted by Crippen LogP contribution is -2.23. The number of nitrogens with zero attached hydrogens (tertiary/aromatic N) is 4. The van der Waals surface area contributed by atoms with E-state index in [0.29, 0.717) is 11.1 Å². The molecule has 0 amide bonds. The van der Waals surface area contributed by atoms with Gasteiger partial charge in [-0.2, -0.15) is 0 Å². The molecule has 1 N–H and O–H groups in total. The molecule has 1 aliphatic rings. The number of tetrazole rings is 1. The van der Waals surface area contributed by atoms with Crippen LogP contribution in [0.15, 0.2) is 48.5 Å². The second kappa shape index (κ2) is 9.64. The molecule has 7 heteroatoms. The van der Waals surface area contributed by atoms with Crippen molar-refractivity contribution < 1.29 is 4.74 Å². The number of hydrogen-bond acceptors (Lipinski definition) is 5. The highest BCUT2D eigenvalue weighted by Gasteiger charge is 2.26. The number of rotatable bonds is 7. The Hall–Kier alpha value is -3.04. The van der Waals surface area contributed by atoms with Crippen molar-refractivity contribution in [2.45, 2.75) is 44.2 Å². The highest BCUT2D eigenvalue weighted by atomic mass is 35.5. The van der Waals surface area contributed by atoms with Gasteiger partial charge in [-0.3, -0.25) is 0 Å². The maximum absolute atomic E-state index is 6.06. The number of ether oxygens (including phenoxy) is 1. The molecule has 154 valence electrons. The van der Waals surface area contributed by atoms with Crippen LogP contribution >= 0.6 is 11.6 Å². The van der Waals surface area contributed by atoms with Gasteiger partial charge >= 0.3 is 0 Å². The highest BCUT2D eigenvalue weighted by Crippen LogP contribution is 2.33. The van der Waals surface area contributed by atoms with Crippen molar-refractivity contribution in [1.82, 2.24) is 20.2 Å². The lowest BCUT2D eigenvalue weighted by molar-refractivity contribution is 0.315. The second-order valence-electron chi connectivity index (χ2n) is 7.42. The Morgan fingerprint density at radius 2 is 1.83 bits per heavy atom. The summed E-state index contributed by atoms with van der Waals surface area (Å²) in [6, 6.07) is 15.6. The summed E-state index contributed by atoms with van der Waals surface area (Å²) in [4.78, 5) is 0. The van der Waals surface area contributed by atoms with Crippen molar-refractivity contribution in [2.75, 3.05) is 11.9 Å². The molecule has 2 aromatic carbocycles. The van der Waals surface area contributed by atoms with Crippen LogP contribution in [0.1, 0.15) is 55.6 Å². The number of halogens is 1. The van der Waals surface area contributed by atoms with Gasteiger partial charge in [0.15, 0.2) is 5.82 Å². The molecule has 1 heterocycles. The van der Waals surface area contributed by atoms with Crippen molar-refractivity contribution >= 4 is 17.3 Å². The molecule has 30 heavy (non-hydrogen) atoms. The summed E-state index contributed by atoms with van der Waals surface area (Å²) in [7, 11) is 0. The highest BCUT2D eigenvalue weighted by molar-refractivity contribution is 6.30. The normalized spacial score (nSPS) is 15.3. The molecule has 6 nitrogen and oxygen atoms in total. The monoisotopic (exact) mass is 421 g/mol. The Morgan fingerprint density at radius 1 is 1.10 bits per heavy atom. The zero-order chi connectivity index (χ0) is 20.8. The van der Waals surface area contributed by atoms with Crippen LogP contribution in [0.4, 0.5) is 5.69 Å². The third-order valence-corrected chi connectivity index (χ3v) is 5.64. The van der Waals surface area contributed by atoms with Gasteiger partial charge in [0.05, 0.1) is 6.04 Å². The zero-order valence-corrected chi connectivity index (χ0v) is 17.4. The first-order chi connectivity index (χ1) is 14.7. The van der Waals surface area contributed by atoms with Gasteiger partial charge in [-0.15, -0.1) is 11.5 Å². The SMILES string of the molecule is C#CCOc1ccc(C(Nc2ccc(Cl)cc2)c2nnnn2C2CCCCC2)cc1. The van der Waals surface area contributed by atoms with E-state index in [0.717, 1.165) is 35.7 Å². The number of aromatic nitrogens is 4. The van der Waals surface area contributed by atoms with E-state index in [1.54, 1.807) is 0 Å². The predicted octanol–water partition coefficient (Wildman–Crippen LogP) is 5.05. The minimum atomic E-state index is -0.218. The van der Waals surface area contributed by atoms with Crippen LogP contribution < -0.4 is 10.1 Å². The molecule has 0 bridgehead atoms. The minimum Gasteiger partial charge on any atom is -0.481 e. The van der Waals surface area contributed by atoms with Gasteiger partial charge in [0.25, 0.3) is 0 Å². The molecule has 4 rings (SSSR count). The van der Waals surface area contributed by atoms with Crippen LogP contribution in [0.2, 0.25) is 5.02 Å². The fraction of sp³-hybridized carbons (Fsp3) is 0.348. The molecule has 1 aromatic heterocycles. The van der Waals surface area contributed by atoms with E-state index in [2.05, 4.69) is 26.8 Å². The van der Waals surface area contributed by atoms with Gasteiger partial charge in [0, 0.05) is 10.7 Å². The molecule has 0 radical (unpaired) electrons. The Labute approximate surface area is 181 Å². The summed E-state index contributed by atoms with van der Waals surface area (Å²) in [6.45, 7) is 0.242. The molecule has 1 atom stereocenters. The Balaban J connectivity index is 1.66. The van der Waals surface area contributed by atoms with Crippen molar-refractivity contribution in [3.05, 3.63) is 64.9 Å². The minimum absolute atomic E-state index is 0.218. The Morgan fingerprint density at radius 3 is 2.53 bits per heavy atom. The van der Waals surface area contributed by atoms with Crippen LogP contribution in [-0.4, -0.2) is 26.8 Å². The maximum Gasteiger partial charge on any atom is 0.178 e. The number of nitrogens with one attached hydrogen (secondary N) is 1. The molecule has 0 spiro atoms. The van der Waals surface area contributed by atoms with E-state index in [9.17, 15) is 0 Å². The molecule has 1 unspecified atom stereocenters. The lowest BCUT2D eigenvalue weighted by atomic mass is 9.95. The van der Waals surface area contributed by atoms with Crippen LogP contribution in [0, 0.1) is 12.3 Å². The Bertz CT molecular complexity index is 988. The number of hydrogen-bond donors (Lipinski definition) is 1. The van der Waals surface area contributed by atoms with Crippen molar-refractivity contribution in [2.24, 2.45) is 0 Å². The van der Waals surface area contributed by atoms with Crippen LogP contribution in [0.5, 0.6) is 5.75 Å². The standard InChI is InChI=1S/C23H24ClN5O/c1-2-16-30-21-14-8-17(9-15-21)22(25-19-12-10-18(24)11-13-19)23-26-27-28-29(23)20-6-4-3-5-7-20/h1,8-15,20,22,25H,3-7,16H2. The zero-order valence-electron chi connectivity index (χ0n) is 16.7. The van der Waals surface area contributed by atoms with Crippen LogP contribution in [-0.2, 0) is 0 Å². The van der Waals surface area contributed by atoms with E-state index < -0.39 is 0 Å². The van der Waals surface area contributed by atoms with Crippen molar-refractivity contribution in [3.8, 4) is 18.1 Å². The summed E-state index contributed by atoms with van der Waals surface area (Å²) in [6.07, 6.45) is 11.2. The third kappa shape index (κ3) is 4.74. The summed E-state index contributed by atoms with van der Waals surface area (Å²) >= 11 is 6.06. The first kappa shape index (κ1) is 20.2. The summed E-state index contributed by atoms with van der Waals surface area (Å²) in [5.41, 5.74) is 1.97. The van der Waals surface area contributed by atoms with Gasteiger partial charge in [-0.1, -0.05) is 48.9 Å². The molecule has 1 aliphatic carbocycles. The van der Waals surface area contributed by atoms with E-state index in [1.165, 1.54) is 19.3 Å². The van der Waals surface area contributed by atoms with E-state index in [-0.39, 0.29) is 12.6 Å². The van der Waals surface area contributed by atoms with E-state index in [1.807, 2.05) is 53.2 Å². The molecule has 0 saturated heterocycles. The summed E-state index contributed by atoms with van der Waals surface area (Å²) in [5, 5.41) is 17.0. The van der Waals surface area contributed by atoms with Crippen molar-refractivity contribution in [3.63, 3.8) is 0 Å². The van der Waals surface area contributed by atoms with Crippen LogP contribution in [0.3, 0.4) is 0 Å². The number of anilines is 1. The number of terminal acetylenes is 1. The largest absolute Gasteiger partial charge is 0.481 e. The van der Waals surface area contributed by atoms with Gasteiger partial charge in [0.2, 0.25) is 0 Å². The van der Waals surface area contributed by atoms with Gasteiger partial charge < -0.3 is 10.1 Å². The summed E-state index contributed by atoms with van der Waals surface area (Å²) < 4.78 is 7.51.